The third-order valence-electron chi connectivity index (χ3n) is 4.06. The van der Waals surface area contributed by atoms with Crippen molar-refractivity contribution in [3.63, 3.8) is 0 Å². The highest BCUT2D eigenvalue weighted by molar-refractivity contribution is 6.29. The molecule has 1 saturated heterocycles. The molecule has 1 aliphatic heterocycles. The minimum atomic E-state index is -0.847. The van der Waals surface area contributed by atoms with Crippen LogP contribution in [0.4, 0.5) is 0 Å². The van der Waals surface area contributed by atoms with E-state index in [1.54, 1.807) is 18.7 Å². The first-order valence-corrected chi connectivity index (χ1v) is 6.98. The number of likely N-dealkylation sites (tertiary alicyclic amines) is 1. The van der Waals surface area contributed by atoms with Crippen LogP contribution < -0.4 is 0 Å². The molecule has 0 spiro atoms. The van der Waals surface area contributed by atoms with Crippen LogP contribution >= 0.6 is 11.6 Å². The van der Waals surface area contributed by atoms with Gasteiger partial charge in [-0.2, -0.15) is 0 Å². The summed E-state index contributed by atoms with van der Waals surface area (Å²) in [4.78, 5) is 25.3. The predicted octanol–water partition coefficient (Wildman–Crippen LogP) is 2.90. The summed E-state index contributed by atoms with van der Waals surface area (Å²) in [6, 6.07) is 3.06. The van der Waals surface area contributed by atoms with Crippen molar-refractivity contribution in [2.75, 3.05) is 13.1 Å². The van der Waals surface area contributed by atoms with Gasteiger partial charge in [-0.1, -0.05) is 0 Å². The zero-order valence-corrected chi connectivity index (χ0v) is 12.3. The molecule has 1 aliphatic rings. The van der Waals surface area contributed by atoms with Gasteiger partial charge in [-0.05, 0) is 56.3 Å². The van der Waals surface area contributed by atoms with Gasteiger partial charge in [0.2, 0.25) is 0 Å². The van der Waals surface area contributed by atoms with E-state index in [9.17, 15) is 14.7 Å². The van der Waals surface area contributed by atoms with Crippen LogP contribution in [-0.4, -0.2) is 35.0 Å². The van der Waals surface area contributed by atoms with Crippen molar-refractivity contribution in [2.45, 2.75) is 26.7 Å². The molecule has 110 valence electrons. The number of amides is 1. The van der Waals surface area contributed by atoms with Gasteiger partial charge in [0, 0.05) is 13.1 Å². The molecule has 0 radical (unpaired) electrons. The normalized spacial score (nSPS) is 19.9. The summed E-state index contributed by atoms with van der Waals surface area (Å²) in [5, 5.41) is 9.47. The second kappa shape index (κ2) is 5.48. The quantitative estimate of drug-likeness (QED) is 0.931. The summed E-state index contributed by atoms with van der Waals surface area (Å²) >= 11 is 5.67. The van der Waals surface area contributed by atoms with E-state index < -0.39 is 11.4 Å². The summed E-state index contributed by atoms with van der Waals surface area (Å²) in [6.45, 7) is 4.45. The Kier molecular flexibility index (Phi) is 4.09. The summed E-state index contributed by atoms with van der Waals surface area (Å²) in [7, 11) is 0. The van der Waals surface area contributed by atoms with E-state index in [0.29, 0.717) is 13.1 Å². The fraction of sp³-hybridized carbons (Fsp3) is 0.571. The average Bonchev–Trinajstić information content (AvgIpc) is 2.84. The number of hydrogen-bond donors (Lipinski definition) is 1. The predicted molar refractivity (Wildman–Crippen MR) is 73.8 cm³/mol. The van der Waals surface area contributed by atoms with Crippen LogP contribution in [-0.2, 0) is 4.79 Å². The van der Waals surface area contributed by atoms with E-state index in [4.69, 9.17) is 16.0 Å². The largest absolute Gasteiger partial charge is 0.481 e. The molecule has 0 saturated carbocycles. The summed E-state index contributed by atoms with van der Waals surface area (Å²) in [5.74, 6) is -0.937. The van der Waals surface area contributed by atoms with E-state index in [1.165, 1.54) is 12.1 Å². The van der Waals surface area contributed by atoms with E-state index in [2.05, 4.69) is 0 Å². The number of carboxylic acids is 1. The lowest BCUT2D eigenvalue weighted by molar-refractivity contribution is -0.151. The Hall–Kier alpha value is -1.49. The standard InChI is InChI=1S/C14H18ClNO4/c1-14(2,13(18)19)9-4-3-7-16(8-9)12(17)10-5-6-11(15)20-10/h5-6,9H,3-4,7-8H2,1-2H3,(H,18,19). The Labute approximate surface area is 122 Å². The number of rotatable bonds is 3. The van der Waals surface area contributed by atoms with Gasteiger partial charge < -0.3 is 14.4 Å². The number of carbonyl (C=O) groups excluding carboxylic acids is 1. The molecular weight excluding hydrogens is 282 g/mol. The van der Waals surface area contributed by atoms with Crippen molar-refractivity contribution >= 4 is 23.5 Å². The molecule has 1 fully saturated rings. The number of hydrogen-bond acceptors (Lipinski definition) is 3. The summed E-state index contributed by atoms with van der Waals surface area (Å²) < 4.78 is 5.12. The molecule has 5 nitrogen and oxygen atoms in total. The van der Waals surface area contributed by atoms with Gasteiger partial charge in [-0.3, -0.25) is 9.59 Å². The second-order valence-electron chi connectivity index (χ2n) is 5.72. The summed E-state index contributed by atoms with van der Waals surface area (Å²) in [6.07, 6.45) is 1.60. The second-order valence-corrected chi connectivity index (χ2v) is 6.09. The molecule has 0 aromatic carbocycles. The van der Waals surface area contributed by atoms with Gasteiger partial charge in [-0.15, -0.1) is 0 Å². The van der Waals surface area contributed by atoms with Crippen molar-refractivity contribution in [1.82, 2.24) is 4.90 Å². The molecule has 0 aliphatic carbocycles. The maximum Gasteiger partial charge on any atom is 0.309 e. The highest BCUT2D eigenvalue weighted by atomic mass is 35.5. The third kappa shape index (κ3) is 2.82. The SMILES string of the molecule is CC(C)(C(=O)O)C1CCCN(C(=O)c2ccc(Cl)o2)C1. The molecule has 1 aromatic heterocycles. The molecule has 2 heterocycles. The Balaban J connectivity index is 2.11. The molecule has 1 amide bonds. The Morgan fingerprint density at radius 3 is 2.70 bits per heavy atom. The van der Waals surface area contributed by atoms with Crippen molar-refractivity contribution in [3.05, 3.63) is 23.1 Å². The zero-order chi connectivity index (χ0) is 14.9. The summed E-state index contributed by atoms with van der Waals surface area (Å²) in [5.41, 5.74) is -0.847. The number of aliphatic carboxylic acids is 1. The zero-order valence-electron chi connectivity index (χ0n) is 11.6. The maximum absolute atomic E-state index is 12.3. The molecule has 1 N–H and O–H groups in total. The molecule has 6 heteroatoms. The number of nitrogens with zero attached hydrogens (tertiary/aromatic N) is 1. The Bertz CT molecular complexity index is 523. The van der Waals surface area contributed by atoms with Gasteiger partial charge in [0.25, 0.3) is 5.91 Å². The number of piperidine rings is 1. The van der Waals surface area contributed by atoms with E-state index in [-0.39, 0.29) is 22.8 Å². The van der Waals surface area contributed by atoms with Crippen LogP contribution in [0, 0.1) is 11.3 Å². The number of halogens is 1. The lowest BCUT2D eigenvalue weighted by atomic mass is 9.74. The number of carbonyl (C=O) groups is 2. The van der Waals surface area contributed by atoms with Gasteiger partial charge in [0.15, 0.2) is 11.0 Å². The monoisotopic (exact) mass is 299 g/mol. The highest BCUT2D eigenvalue weighted by Gasteiger charge is 2.40. The molecule has 1 unspecified atom stereocenters. The van der Waals surface area contributed by atoms with E-state index >= 15 is 0 Å². The van der Waals surface area contributed by atoms with Crippen LogP contribution in [0.25, 0.3) is 0 Å². The van der Waals surface area contributed by atoms with Gasteiger partial charge in [-0.25, -0.2) is 0 Å². The molecule has 20 heavy (non-hydrogen) atoms. The topological polar surface area (TPSA) is 70.8 Å². The molecule has 1 aromatic rings. The van der Waals surface area contributed by atoms with E-state index in [0.717, 1.165) is 12.8 Å². The van der Waals surface area contributed by atoms with Crippen molar-refractivity contribution in [2.24, 2.45) is 11.3 Å². The minimum absolute atomic E-state index is 0.0665. The lowest BCUT2D eigenvalue weighted by Gasteiger charge is -2.38. The van der Waals surface area contributed by atoms with Crippen molar-refractivity contribution in [1.29, 1.82) is 0 Å². The van der Waals surface area contributed by atoms with Crippen LogP contribution in [0.5, 0.6) is 0 Å². The maximum atomic E-state index is 12.3. The van der Waals surface area contributed by atoms with Gasteiger partial charge in [0.1, 0.15) is 0 Å². The van der Waals surface area contributed by atoms with Gasteiger partial charge in [0.05, 0.1) is 5.41 Å². The molecule has 1 atom stereocenters. The average molecular weight is 300 g/mol. The van der Waals surface area contributed by atoms with Crippen LogP contribution in [0.1, 0.15) is 37.2 Å². The molecule has 0 bridgehead atoms. The smallest absolute Gasteiger partial charge is 0.309 e. The van der Waals surface area contributed by atoms with Crippen molar-refractivity contribution < 1.29 is 19.1 Å². The number of carboxylic acid groups (broad SMARTS) is 1. The first kappa shape index (κ1) is 14.9. The Morgan fingerprint density at radius 1 is 1.45 bits per heavy atom. The van der Waals surface area contributed by atoms with Crippen molar-refractivity contribution in [3.8, 4) is 0 Å². The Morgan fingerprint density at radius 2 is 2.15 bits per heavy atom. The first-order chi connectivity index (χ1) is 9.32. The molecule has 2 rings (SSSR count). The lowest BCUT2D eigenvalue weighted by Crippen LogP contribution is -2.46. The fourth-order valence-corrected chi connectivity index (χ4v) is 2.66. The van der Waals surface area contributed by atoms with E-state index in [1.807, 2.05) is 0 Å². The first-order valence-electron chi connectivity index (χ1n) is 6.60. The highest BCUT2D eigenvalue weighted by Crippen LogP contribution is 2.34. The van der Waals surface area contributed by atoms with Gasteiger partial charge >= 0.3 is 5.97 Å². The molecular formula is C14H18ClNO4. The minimum Gasteiger partial charge on any atom is -0.481 e. The number of furan rings is 1. The fourth-order valence-electron chi connectivity index (χ4n) is 2.51. The third-order valence-corrected chi connectivity index (χ3v) is 4.27. The van der Waals surface area contributed by atoms with Crippen LogP contribution in [0.2, 0.25) is 5.22 Å². The van der Waals surface area contributed by atoms with Crippen LogP contribution in [0.3, 0.4) is 0 Å². The van der Waals surface area contributed by atoms with Crippen LogP contribution in [0.15, 0.2) is 16.5 Å².